The zero-order valence-corrected chi connectivity index (χ0v) is 11.7. The Morgan fingerprint density at radius 1 is 1.18 bits per heavy atom. The smallest absolute Gasteiger partial charge is 0.127 e. The van der Waals surface area contributed by atoms with E-state index in [2.05, 4.69) is 15.9 Å². The number of aliphatic hydroxyl groups excluding tert-OH is 2. The SMILES string of the molecule is Cc1cc(Br)cc(CO)c1OCCCCCO. The first-order valence-electron chi connectivity index (χ1n) is 5.82. The summed E-state index contributed by atoms with van der Waals surface area (Å²) in [6, 6.07) is 3.85. The average Bonchev–Trinajstić information content (AvgIpc) is 2.30. The Morgan fingerprint density at radius 3 is 2.59 bits per heavy atom. The molecule has 4 heteroatoms. The maximum atomic E-state index is 9.27. The molecule has 0 saturated carbocycles. The van der Waals surface area contributed by atoms with E-state index >= 15 is 0 Å². The molecule has 1 aromatic rings. The van der Waals surface area contributed by atoms with Gasteiger partial charge in [-0.2, -0.15) is 0 Å². The van der Waals surface area contributed by atoms with Crippen LogP contribution in [0, 0.1) is 6.92 Å². The average molecular weight is 303 g/mol. The zero-order chi connectivity index (χ0) is 12.7. The first-order valence-corrected chi connectivity index (χ1v) is 6.62. The van der Waals surface area contributed by atoms with Crippen LogP contribution < -0.4 is 4.74 Å². The molecule has 1 aromatic carbocycles. The van der Waals surface area contributed by atoms with Crippen LogP contribution >= 0.6 is 15.9 Å². The van der Waals surface area contributed by atoms with Crippen LogP contribution in [0.3, 0.4) is 0 Å². The highest BCUT2D eigenvalue weighted by Gasteiger charge is 2.08. The number of aryl methyl sites for hydroxylation is 1. The first-order chi connectivity index (χ1) is 8.19. The highest BCUT2D eigenvalue weighted by molar-refractivity contribution is 9.10. The van der Waals surface area contributed by atoms with Crippen molar-refractivity contribution in [2.75, 3.05) is 13.2 Å². The lowest BCUT2D eigenvalue weighted by atomic mass is 10.1. The Hall–Kier alpha value is -0.580. The summed E-state index contributed by atoms with van der Waals surface area (Å²) in [6.45, 7) is 2.80. The minimum atomic E-state index is -0.0216. The highest BCUT2D eigenvalue weighted by atomic mass is 79.9. The van der Waals surface area contributed by atoms with Crippen LogP contribution in [0.4, 0.5) is 0 Å². The number of rotatable bonds is 7. The standard InChI is InChI=1S/C13H19BrO3/c1-10-7-12(14)8-11(9-16)13(10)17-6-4-2-3-5-15/h7-8,15-16H,2-6,9H2,1H3. The van der Waals surface area contributed by atoms with Gasteiger partial charge in [0.1, 0.15) is 5.75 Å². The molecule has 96 valence electrons. The van der Waals surface area contributed by atoms with E-state index < -0.39 is 0 Å². The summed E-state index contributed by atoms with van der Waals surface area (Å²) in [5.41, 5.74) is 1.82. The van der Waals surface area contributed by atoms with Crippen LogP contribution in [0.5, 0.6) is 5.75 Å². The molecule has 0 bridgehead atoms. The molecule has 0 saturated heterocycles. The third-order valence-corrected chi connectivity index (χ3v) is 2.99. The fraction of sp³-hybridized carbons (Fsp3) is 0.538. The van der Waals surface area contributed by atoms with Crippen molar-refractivity contribution < 1.29 is 14.9 Å². The van der Waals surface area contributed by atoms with Crippen LogP contribution in [0.1, 0.15) is 30.4 Å². The lowest BCUT2D eigenvalue weighted by molar-refractivity contribution is 0.251. The van der Waals surface area contributed by atoms with E-state index in [-0.39, 0.29) is 13.2 Å². The monoisotopic (exact) mass is 302 g/mol. The largest absolute Gasteiger partial charge is 0.493 e. The van der Waals surface area contributed by atoms with Crippen LogP contribution in [0.15, 0.2) is 16.6 Å². The number of aliphatic hydroxyl groups is 2. The normalized spacial score (nSPS) is 10.6. The molecule has 0 atom stereocenters. The molecule has 17 heavy (non-hydrogen) atoms. The van der Waals surface area contributed by atoms with Gasteiger partial charge in [-0.25, -0.2) is 0 Å². The number of halogens is 1. The Bertz CT molecular complexity index is 353. The van der Waals surface area contributed by atoms with Crippen LogP contribution in [0.25, 0.3) is 0 Å². The summed E-state index contributed by atoms with van der Waals surface area (Å²) in [4.78, 5) is 0. The van der Waals surface area contributed by atoms with Gasteiger partial charge in [0.2, 0.25) is 0 Å². The van der Waals surface area contributed by atoms with E-state index in [1.54, 1.807) is 0 Å². The van der Waals surface area contributed by atoms with Crippen molar-refractivity contribution in [3.63, 3.8) is 0 Å². The quantitative estimate of drug-likeness (QED) is 0.762. The van der Waals surface area contributed by atoms with Crippen molar-refractivity contribution in [3.8, 4) is 5.75 Å². The number of benzene rings is 1. The van der Waals surface area contributed by atoms with Gasteiger partial charge in [-0.3, -0.25) is 0 Å². The van der Waals surface area contributed by atoms with Crippen molar-refractivity contribution in [3.05, 3.63) is 27.7 Å². The van der Waals surface area contributed by atoms with Crippen molar-refractivity contribution >= 4 is 15.9 Å². The van der Waals surface area contributed by atoms with Gasteiger partial charge in [0.05, 0.1) is 13.2 Å². The van der Waals surface area contributed by atoms with Crippen LogP contribution in [0.2, 0.25) is 0 Å². The maximum Gasteiger partial charge on any atom is 0.127 e. The Balaban J connectivity index is 2.57. The molecule has 0 aliphatic rings. The number of hydrogen-bond donors (Lipinski definition) is 2. The predicted molar refractivity (Wildman–Crippen MR) is 71.2 cm³/mol. The molecule has 0 amide bonds. The van der Waals surface area contributed by atoms with E-state index in [1.807, 2.05) is 19.1 Å². The third-order valence-electron chi connectivity index (χ3n) is 2.54. The van der Waals surface area contributed by atoms with Gasteiger partial charge < -0.3 is 14.9 Å². The molecule has 1 rings (SSSR count). The van der Waals surface area contributed by atoms with Gasteiger partial charge in [-0.1, -0.05) is 15.9 Å². The Labute approximate surface area is 111 Å². The summed E-state index contributed by atoms with van der Waals surface area (Å²) in [6.07, 6.45) is 2.69. The third kappa shape index (κ3) is 4.66. The van der Waals surface area contributed by atoms with Gasteiger partial charge in [0.25, 0.3) is 0 Å². The summed E-state index contributed by atoms with van der Waals surface area (Å²) in [7, 11) is 0. The highest BCUT2D eigenvalue weighted by Crippen LogP contribution is 2.28. The molecule has 0 heterocycles. The predicted octanol–water partition coefficient (Wildman–Crippen LogP) is 2.79. The summed E-state index contributed by atoms with van der Waals surface area (Å²) >= 11 is 3.40. The lowest BCUT2D eigenvalue weighted by Gasteiger charge is -2.13. The Kier molecular flexibility index (Phi) is 6.55. The molecular formula is C13H19BrO3. The molecule has 0 aliphatic heterocycles. The molecule has 0 spiro atoms. The number of unbranched alkanes of at least 4 members (excludes halogenated alkanes) is 2. The minimum Gasteiger partial charge on any atom is -0.493 e. The summed E-state index contributed by atoms with van der Waals surface area (Å²) in [5.74, 6) is 0.777. The second kappa shape index (κ2) is 7.69. The second-order valence-electron chi connectivity index (χ2n) is 4.00. The van der Waals surface area contributed by atoms with E-state index in [9.17, 15) is 5.11 Å². The van der Waals surface area contributed by atoms with Gasteiger partial charge in [-0.05, 0) is 43.9 Å². The van der Waals surface area contributed by atoms with E-state index in [1.165, 1.54) is 0 Å². The van der Waals surface area contributed by atoms with Crippen LogP contribution in [-0.4, -0.2) is 23.4 Å². The van der Waals surface area contributed by atoms with E-state index in [4.69, 9.17) is 9.84 Å². The van der Waals surface area contributed by atoms with Crippen molar-refractivity contribution in [2.24, 2.45) is 0 Å². The summed E-state index contributed by atoms with van der Waals surface area (Å²) < 4.78 is 6.65. The second-order valence-corrected chi connectivity index (χ2v) is 4.92. The number of ether oxygens (including phenoxy) is 1. The van der Waals surface area contributed by atoms with Gasteiger partial charge in [0, 0.05) is 16.6 Å². The first kappa shape index (κ1) is 14.5. The summed E-state index contributed by atoms with van der Waals surface area (Å²) in [5, 5.41) is 17.9. The zero-order valence-electron chi connectivity index (χ0n) is 10.1. The maximum absolute atomic E-state index is 9.27. The molecule has 0 aliphatic carbocycles. The number of hydrogen-bond acceptors (Lipinski definition) is 3. The fourth-order valence-electron chi connectivity index (χ4n) is 1.69. The van der Waals surface area contributed by atoms with Gasteiger partial charge in [0.15, 0.2) is 0 Å². The van der Waals surface area contributed by atoms with E-state index in [0.717, 1.165) is 40.6 Å². The molecule has 0 aromatic heterocycles. The van der Waals surface area contributed by atoms with Gasteiger partial charge >= 0.3 is 0 Å². The molecule has 0 fully saturated rings. The van der Waals surface area contributed by atoms with Crippen LogP contribution in [-0.2, 0) is 6.61 Å². The molecular weight excluding hydrogens is 284 g/mol. The molecule has 0 unspecified atom stereocenters. The lowest BCUT2D eigenvalue weighted by Crippen LogP contribution is -2.03. The van der Waals surface area contributed by atoms with Gasteiger partial charge in [-0.15, -0.1) is 0 Å². The Morgan fingerprint density at radius 2 is 1.94 bits per heavy atom. The van der Waals surface area contributed by atoms with Crippen molar-refractivity contribution in [1.82, 2.24) is 0 Å². The van der Waals surface area contributed by atoms with Crippen molar-refractivity contribution in [1.29, 1.82) is 0 Å². The topological polar surface area (TPSA) is 49.7 Å². The van der Waals surface area contributed by atoms with Crippen molar-refractivity contribution in [2.45, 2.75) is 32.8 Å². The van der Waals surface area contributed by atoms with E-state index in [0.29, 0.717) is 6.61 Å². The molecule has 2 N–H and O–H groups in total. The molecule has 0 radical (unpaired) electrons. The fourth-order valence-corrected chi connectivity index (χ4v) is 2.31. The minimum absolute atomic E-state index is 0.0216. The molecule has 3 nitrogen and oxygen atoms in total.